The molecule has 0 bridgehead atoms. The SMILES string of the molecule is N#Cc1ccnc(NC[C@H]2CCN(CCc3ccccc3)C2)c1. The van der Waals surface area contributed by atoms with Gasteiger partial charge < -0.3 is 10.2 Å². The first-order valence-corrected chi connectivity index (χ1v) is 8.20. The van der Waals surface area contributed by atoms with Gasteiger partial charge in [-0.15, -0.1) is 0 Å². The van der Waals surface area contributed by atoms with Crippen LogP contribution in [0.3, 0.4) is 0 Å². The summed E-state index contributed by atoms with van der Waals surface area (Å²) in [6, 6.07) is 16.4. The van der Waals surface area contributed by atoms with Gasteiger partial charge in [-0.2, -0.15) is 5.26 Å². The molecular weight excluding hydrogens is 284 g/mol. The van der Waals surface area contributed by atoms with Crippen LogP contribution < -0.4 is 5.32 Å². The van der Waals surface area contributed by atoms with Crippen LogP contribution in [-0.4, -0.2) is 36.1 Å². The van der Waals surface area contributed by atoms with Gasteiger partial charge in [0.15, 0.2) is 0 Å². The van der Waals surface area contributed by atoms with Crippen LogP contribution in [-0.2, 0) is 6.42 Å². The zero-order chi connectivity index (χ0) is 15.9. The van der Waals surface area contributed by atoms with Crippen LogP contribution in [0.25, 0.3) is 0 Å². The van der Waals surface area contributed by atoms with Gasteiger partial charge in [0.2, 0.25) is 0 Å². The minimum Gasteiger partial charge on any atom is -0.370 e. The fourth-order valence-electron chi connectivity index (χ4n) is 3.06. The van der Waals surface area contributed by atoms with E-state index >= 15 is 0 Å². The molecule has 0 amide bonds. The molecule has 23 heavy (non-hydrogen) atoms. The molecular formula is C19H22N4. The van der Waals surface area contributed by atoms with E-state index in [1.807, 2.05) is 6.07 Å². The molecule has 118 valence electrons. The van der Waals surface area contributed by atoms with Crippen LogP contribution in [0.4, 0.5) is 5.82 Å². The van der Waals surface area contributed by atoms with Crippen LogP contribution in [0.5, 0.6) is 0 Å². The van der Waals surface area contributed by atoms with Gasteiger partial charge in [-0.05, 0) is 43.0 Å². The van der Waals surface area contributed by atoms with Crippen molar-refractivity contribution in [3.63, 3.8) is 0 Å². The number of nitrogens with one attached hydrogen (secondary N) is 1. The minimum absolute atomic E-state index is 0.651. The van der Waals surface area contributed by atoms with Crippen LogP contribution in [0, 0.1) is 17.2 Å². The summed E-state index contributed by atoms with van der Waals surface area (Å²) in [6.45, 7) is 4.36. The molecule has 4 nitrogen and oxygen atoms in total. The number of hydrogen-bond acceptors (Lipinski definition) is 4. The maximum Gasteiger partial charge on any atom is 0.127 e. The minimum atomic E-state index is 0.651. The summed E-state index contributed by atoms with van der Waals surface area (Å²) in [5.41, 5.74) is 2.06. The smallest absolute Gasteiger partial charge is 0.127 e. The van der Waals surface area contributed by atoms with E-state index in [2.05, 4.69) is 51.6 Å². The average Bonchev–Trinajstić information content (AvgIpc) is 3.07. The lowest BCUT2D eigenvalue weighted by Crippen LogP contribution is -2.25. The monoisotopic (exact) mass is 306 g/mol. The van der Waals surface area contributed by atoms with Crippen molar-refractivity contribution in [2.45, 2.75) is 12.8 Å². The van der Waals surface area contributed by atoms with E-state index in [0.29, 0.717) is 11.5 Å². The molecule has 1 aromatic heterocycles. The second-order valence-corrected chi connectivity index (χ2v) is 6.11. The van der Waals surface area contributed by atoms with Gasteiger partial charge in [0.1, 0.15) is 5.82 Å². The summed E-state index contributed by atoms with van der Waals surface area (Å²) in [7, 11) is 0. The zero-order valence-corrected chi connectivity index (χ0v) is 13.3. The van der Waals surface area contributed by atoms with Crippen molar-refractivity contribution in [1.82, 2.24) is 9.88 Å². The van der Waals surface area contributed by atoms with E-state index in [1.165, 1.54) is 18.5 Å². The van der Waals surface area contributed by atoms with Gasteiger partial charge in [0.05, 0.1) is 11.6 Å². The number of nitriles is 1. The third kappa shape index (κ3) is 4.54. The van der Waals surface area contributed by atoms with Gasteiger partial charge in [0, 0.05) is 25.8 Å². The van der Waals surface area contributed by atoms with E-state index in [1.54, 1.807) is 12.3 Å². The molecule has 1 aromatic carbocycles. The highest BCUT2D eigenvalue weighted by atomic mass is 15.1. The first-order chi connectivity index (χ1) is 11.3. The fourth-order valence-corrected chi connectivity index (χ4v) is 3.06. The van der Waals surface area contributed by atoms with Gasteiger partial charge in [-0.1, -0.05) is 30.3 Å². The van der Waals surface area contributed by atoms with Crippen molar-refractivity contribution in [3.8, 4) is 6.07 Å². The van der Waals surface area contributed by atoms with E-state index in [0.717, 1.165) is 31.9 Å². The Hall–Kier alpha value is -2.38. The van der Waals surface area contributed by atoms with Crippen LogP contribution in [0.15, 0.2) is 48.7 Å². The van der Waals surface area contributed by atoms with Crippen molar-refractivity contribution < 1.29 is 0 Å². The molecule has 2 heterocycles. The van der Waals surface area contributed by atoms with Crippen LogP contribution in [0.1, 0.15) is 17.5 Å². The molecule has 1 atom stereocenters. The fraction of sp³-hybridized carbons (Fsp3) is 0.368. The first-order valence-electron chi connectivity index (χ1n) is 8.20. The zero-order valence-electron chi connectivity index (χ0n) is 13.3. The summed E-state index contributed by atoms with van der Waals surface area (Å²) in [5.74, 6) is 1.45. The van der Waals surface area contributed by atoms with Crippen molar-refractivity contribution in [2.75, 3.05) is 31.5 Å². The van der Waals surface area contributed by atoms with Crippen LogP contribution >= 0.6 is 0 Å². The quantitative estimate of drug-likeness (QED) is 0.891. The Balaban J connectivity index is 1.42. The number of likely N-dealkylation sites (tertiary alicyclic amines) is 1. The lowest BCUT2D eigenvalue weighted by atomic mass is 10.1. The largest absolute Gasteiger partial charge is 0.370 e. The standard InChI is InChI=1S/C19H22N4/c20-13-17-6-9-21-19(12-17)22-14-18-8-11-23(15-18)10-7-16-4-2-1-3-5-16/h1-6,9,12,18H,7-8,10-11,14-15H2,(H,21,22)/t18-/m1/s1. The summed E-state index contributed by atoms with van der Waals surface area (Å²) in [5, 5.41) is 12.3. The predicted octanol–water partition coefficient (Wildman–Crippen LogP) is 2.93. The number of rotatable bonds is 6. The van der Waals surface area contributed by atoms with Crippen molar-refractivity contribution >= 4 is 5.82 Å². The third-order valence-corrected chi connectivity index (χ3v) is 4.39. The maximum atomic E-state index is 8.92. The van der Waals surface area contributed by atoms with Crippen molar-refractivity contribution in [1.29, 1.82) is 5.26 Å². The highest BCUT2D eigenvalue weighted by Crippen LogP contribution is 2.17. The van der Waals surface area contributed by atoms with E-state index < -0.39 is 0 Å². The molecule has 0 radical (unpaired) electrons. The molecule has 3 rings (SSSR count). The van der Waals surface area contributed by atoms with Gasteiger partial charge >= 0.3 is 0 Å². The predicted molar refractivity (Wildman–Crippen MR) is 92.1 cm³/mol. The molecule has 1 saturated heterocycles. The molecule has 4 heteroatoms. The molecule has 0 saturated carbocycles. The molecule has 1 N–H and O–H groups in total. The number of nitrogens with zero attached hydrogens (tertiary/aromatic N) is 3. The normalized spacial score (nSPS) is 17.8. The average molecular weight is 306 g/mol. The Morgan fingerprint density at radius 3 is 2.96 bits per heavy atom. The topological polar surface area (TPSA) is 52.0 Å². The third-order valence-electron chi connectivity index (χ3n) is 4.39. The molecule has 1 aliphatic heterocycles. The van der Waals surface area contributed by atoms with E-state index in [4.69, 9.17) is 5.26 Å². The lowest BCUT2D eigenvalue weighted by molar-refractivity contribution is 0.330. The van der Waals surface area contributed by atoms with Crippen molar-refractivity contribution in [2.24, 2.45) is 5.92 Å². The Bertz CT molecular complexity index is 663. The Kier molecular flexibility index (Phi) is 5.23. The van der Waals surface area contributed by atoms with Gasteiger partial charge in [-0.3, -0.25) is 0 Å². The lowest BCUT2D eigenvalue weighted by Gasteiger charge is -2.16. The summed E-state index contributed by atoms with van der Waals surface area (Å²) in [4.78, 5) is 6.81. The van der Waals surface area contributed by atoms with Gasteiger partial charge in [0.25, 0.3) is 0 Å². The number of anilines is 1. The first kappa shape index (κ1) is 15.5. The van der Waals surface area contributed by atoms with Crippen molar-refractivity contribution in [3.05, 3.63) is 59.8 Å². The second-order valence-electron chi connectivity index (χ2n) is 6.11. The molecule has 1 aliphatic rings. The summed E-state index contributed by atoms with van der Waals surface area (Å²) in [6.07, 6.45) is 4.02. The van der Waals surface area contributed by atoms with E-state index in [-0.39, 0.29) is 0 Å². The summed E-state index contributed by atoms with van der Waals surface area (Å²) >= 11 is 0. The second kappa shape index (κ2) is 7.75. The molecule has 0 unspecified atom stereocenters. The Morgan fingerprint density at radius 2 is 2.13 bits per heavy atom. The number of benzene rings is 1. The number of pyridine rings is 1. The van der Waals surface area contributed by atoms with Gasteiger partial charge in [-0.25, -0.2) is 4.98 Å². The highest BCUT2D eigenvalue weighted by molar-refractivity contribution is 5.42. The Labute approximate surface area is 137 Å². The molecule has 0 aliphatic carbocycles. The van der Waals surface area contributed by atoms with E-state index in [9.17, 15) is 0 Å². The number of aromatic nitrogens is 1. The molecule has 0 spiro atoms. The Morgan fingerprint density at radius 1 is 1.26 bits per heavy atom. The molecule has 1 fully saturated rings. The molecule has 2 aromatic rings. The maximum absolute atomic E-state index is 8.92. The summed E-state index contributed by atoms with van der Waals surface area (Å²) < 4.78 is 0. The van der Waals surface area contributed by atoms with Crippen LogP contribution in [0.2, 0.25) is 0 Å². The number of hydrogen-bond donors (Lipinski definition) is 1. The highest BCUT2D eigenvalue weighted by Gasteiger charge is 2.21.